The van der Waals surface area contributed by atoms with E-state index < -0.39 is 5.82 Å². The van der Waals surface area contributed by atoms with Crippen LogP contribution in [0.4, 0.5) is 9.18 Å². The van der Waals surface area contributed by atoms with Crippen LogP contribution in [0.15, 0.2) is 54.6 Å². The summed E-state index contributed by atoms with van der Waals surface area (Å²) in [4.78, 5) is 25.7. The maximum atomic E-state index is 14.6. The number of H-pyrrole nitrogens is 1. The summed E-state index contributed by atoms with van der Waals surface area (Å²) >= 11 is 0. The van der Waals surface area contributed by atoms with Crippen LogP contribution in [0.5, 0.6) is 5.75 Å². The van der Waals surface area contributed by atoms with Gasteiger partial charge in [0, 0.05) is 19.6 Å². The van der Waals surface area contributed by atoms with Gasteiger partial charge in [0.2, 0.25) is 0 Å². The summed E-state index contributed by atoms with van der Waals surface area (Å²) in [5.41, 5.74) is 7.28. The number of fused-ring (bicyclic) bond motifs is 1. The summed E-state index contributed by atoms with van der Waals surface area (Å²) in [5, 5.41) is 0. The van der Waals surface area contributed by atoms with E-state index in [0.717, 1.165) is 70.4 Å². The molecule has 39 heavy (non-hydrogen) atoms. The fourth-order valence-corrected chi connectivity index (χ4v) is 5.63. The molecule has 7 heteroatoms. The third-order valence-electron chi connectivity index (χ3n) is 7.72. The van der Waals surface area contributed by atoms with Gasteiger partial charge in [-0.3, -0.25) is 0 Å². The number of methoxy groups -OCH3 is 1. The second-order valence-corrected chi connectivity index (χ2v) is 10.5. The normalized spacial score (nSPS) is 15.5. The van der Waals surface area contributed by atoms with Crippen LogP contribution in [0.3, 0.4) is 0 Å². The van der Waals surface area contributed by atoms with Gasteiger partial charge in [0.25, 0.3) is 0 Å². The highest BCUT2D eigenvalue weighted by Gasteiger charge is 2.31. The molecule has 1 aliphatic rings. The van der Waals surface area contributed by atoms with Gasteiger partial charge in [-0.25, -0.2) is 14.2 Å². The molecule has 2 amide bonds. The average Bonchev–Trinajstić information content (AvgIpc) is 3.32. The third-order valence-corrected chi connectivity index (χ3v) is 7.72. The number of nitrogens with zero attached hydrogens (tertiary/aromatic N) is 3. The largest absolute Gasteiger partial charge is 0.494 e. The second-order valence-electron chi connectivity index (χ2n) is 10.5. The summed E-state index contributed by atoms with van der Waals surface area (Å²) in [7, 11) is 1.46. The molecule has 204 valence electrons. The molecule has 2 heterocycles. The van der Waals surface area contributed by atoms with E-state index in [0.29, 0.717) is 19.6 Å². The van der Waals surface area contributed by atoms with Gasteiger partial charge in [0.1, 0.15) is 5.82 Å². The first-order valence-electron chi connectivity index (χ1n) is 13.8. The fraction of sp³-hybridized carbons (Fsp3) is 0.375. The number of imidazole rings is 1. The van der Waals surface area contributed by atoms with E-state index in [9.17, 15) is 9.18 Å². The number of halogens is 1. The predicted molar refractivity (Wildman–Crippen MR) is 153 cm³/mol. The van der Waals surface area contributed by atoms with Gasteiger partial charge in [-0.05, 0) is 97.7 Å². The lowest BCUT2D eigenvalue weighted by molar-refractivity contribution is 0.112. The SMILES string of the molecule is CCCN(Cc1cc(-c2ccc3nc(C)[nH]c3c2)ccc1C)C(=O)N1CCCCC1c1ccc(OC)c(F)c1. The average molecular weight is 529 g/mol. The van der Waals surface area contributed by atoms with Crippen LogP contribution < -0.4 is 4.74 Å². The number of likely N-dealkylation sites (tertiary alicyclic amines) is 1. The molecule has 4 aromatic rings. The second kappa shape index (κ2) is 11.5. The van der Waals surface area contributed by atoms with Gasteiger partial charge in [0.15, 0.2) is 11.6 Å². The number of hydrogen-bond acceptors (Lipinski definition) is 3. The van der Waals surface area contributed by atoms with E-state index in [1.54, 1.807) is 6.07 Å². The molecule has 3 aromatic carbocycles. The number of aryl methyl sites for hydroxylation is 2. The molecule has 0 aliphatic carbocycles. The molecule has 1 unspecified atom stereocenters. The lowest BCUT2D eigenvalue weighted by Crippen LogP contribution is -2.47. The summed E-state index contributed by atoms with van der Waals surface area (Å²) in [6, 6.07) is 17.6. The van der Waals surface area contributed by atoms with E-state index in [2.05, 4.69) is 54.1 Å². The Morgan fingerprint density at radius 2 is 1.90 bits per heavy atom. The number of amides is 2. The van der Waals surface area contributed by atoms with Crippen LogP contribution in [0.2, 0.25) is 0 Å². The fourth-order valence-electron chi connectivity index (χ4n) is 5.63. The standard InChI is InChI=1S/C32H37FN4O2/c1-5-15-36(32(38)37-16-7-6-8-30(37)25-12-14-31(39-4)27(33)18-25)20-26-17-23(10-9-21(26)2)24-11-13-28-29(19-24)35-22(3)34-28/h9-14,17-19,30H,5-8,15-16,20H2,1-4H3,(H,34,35). The molecule has 0 radical (unpaired) electrons. The monoisotopic (exact) mass is 528 g/mol. The Morgan fingerprint density at radius 3 is 2.67 bits per heavy atom. The zero-order valence-corrected chi connectivity index (χ0v) is 23.3. The first kappa shape index (κ1) is 26.7. The minimum absolute atomic E-state index is 0.0111. The number of carbonyl (C=O) groups is 1. The van der Waals surface area contributed by atoms with Crippen molar-refractivity contribution in [3.8, 4) is 16.9 Å². The van der Waals surface area contributed by atoms with Crippen molar-refractivity contribution in [3.05, 3.63) is 82.9 Å². The van der Waals surface area contributed by atoms with Crippen molar-refractivity contribution in [1.82, 2.24) is 19.8 Å². The van der Waals surface area contributed by atoms with Crippen molar-refractivity contribution in [2.45, 2.75) is 59.0 Å². The van der Waals surface area contributed by atoms with Crippen LogP contribution >= 0.6 is 0 Å². The first-order chi connectivity index (χ1) is 18.9. The van der Waals surface area contributed by atoms with Crippen molar-refractivity contribution < 1.29 is 13.9 Å². The molecule has 1 aromatic heterocycles. The number of benzene rings is 3. The van der Waals surface area contributed by atoms with E-state index in [1.807, 2.05) is 28.9 Å². The molecular weight excluding hydrogens is 491 g/mol. The molecule has 6 nitrogen and oxygen atoms in total. The van der Waals surface area contributed by atoms with Gasteiger partial charge < -0.3 is 19.5 Å². The summed E-state index contributed by atoms with van der Waals surface area (Å²) < 4.78 is 19.7. The minimum atomic E-state index is -0.394. The zero-order chi connectivity index (χ0) is 27.5. The first-order valence-corrected chi connectivity index (χ1v) is 13.8. The van der Waals surface area contributed by atoms with Gasteiger partial charge in [0.05, 0.1) is 24.2 Å². The lowest BCUT2D eigenvalue weighted by atomic mass is 9.95. The van der Waals surface area contributed by atoms with E-state index in [-0.39, 0.29) is 17.8 Å². The van der Waals surface area contributed by atoms with Gasteiger partial charge >= 0.3 is 6.03 Å². The van der Waals surface area contributed by atoms with E-state index in [4.69, 9.17) is 4.74 Å². The Balaban J connectivity index is 1.41. The lowest BCUT2D eigenvalue weighted by Gasteiger charge is -2.39. The summed E-state index contributed by atoms with van der Waals surface area (Å²) in [6.07, 6.45) is 3.64. The van der Waals surface area contributed by atoms with Crippen molar-refractivity contribution in [2.75, 3.05) is 20.2 Å². The molecule has 1 fully saturated rings. The van der Waals surface area contributed by atoms with Crippen LogP contribution in [0.1, 0.15) is 61.2 Å². The number of hydrogen-bond donors (Lipinski definition) is 1. The number of aromatic amines is 1. The number of urea groups is 1. The number of aromatic nitrogens is 2. The quantitative estimate of drug-likeness (QED) is 0.269. The highest BCUT2D eigenvalue weighted by atomic mass is 19.1. The number of rotatable bonds is 7. The molecule has 1 N–H and O–H groups in total. The van der Waals surface area contributed by atoms with Crippen molar-refractivity contribution in [1.29, 1.82) is 0 Å². The van der Waals surface area contributed by atoms with Crippen LogP contribution in [0, 0.1) is 19.7 Å². The van der Waals surface area contributed by atoms with Crippen LogP contribution in [-0.4, -0.2) is 46.0 Å². The van der Waals surface area contributed by atoms with Gasteiger partial charge in [-0.1, -0.05) is 31.2 Å². The maximum Gasteiger partial charge on any atom is 0.320 e. The van der Waals surface area contributed by atoms with E-state index in [1.165, 1.54) is 13.2 Å². The molecule has 1 atom stereocenters. The van der Waals surface area contributed by atoms with Crippen LogP contribution in [0.25, 0.3) is 22.2 Å². The Labute approximate surface area is 229 Å². The predicted octanol–water partition coefficient (Wildman–Crippen LogP) is 7.55. The van der Waals surface area contributed by atoms with Crippen molar-refractivity contribution in [3.63, 3.8) is 0 Å². The highest BCUT2D eigenvalue weighted by Crippen LogP contribution is 2.34. The topological polar surface area (TPSA) is 61.5 Å². The Hall–Kier alpha value is -3.87. The maximum absolute atomic E-state index is 14.6. The molecule has 1 saturated heterocycles. The Kier molecular flexibility index (Phi) is 7.87. The van der Waals surface area contributed by atoms with Gasteiger partial charge in [-0.15, -0.1) is 0 Å². The van der Waals surface area contributed by atoms with Crippen molar-refractivity contribution in [2.24, 2.45) is 0 Å². The molecular formula is C32H37FN4O2. The molecule has 0 spiro atoms. The summed E-state index contributed by atoms with van der Waals surface area (Å²) in [5.74, 6) is 0.723. The Bertz CT molecular complexity index is 1480. The third kappa shape index (κ3) is 5.63. The van der Waals surface area contributed by atoms with Gasteiger partial charge in [-0.2, -0.15) is 0 Å². The molecule has 0 bridgehead atoms. The number of ether oxygens (including phenoxy) is 1. The number of carbonyl (C=O) groups excluding carboxylic acids is 1. The van der Waals surface area contributed by atoms with Crippen LogP contribution in [-0.2, 0) is 6.54 Å². The smallest absolute Gasteiger partial charge is 0.320 e. The number of piperidine rings is 1. The Morgan fingerprint density at radius 1 is 1.10 bits per heavy atom. The molecule has 0 saturated carbocycles. The van der Waals surface area contributed by atoms with E-state index >= 15 is 0 Å². The molecule has 5 rings (SSSR count). The molecule has 1 aliphatic heterocycles. The highest BCUT2D eigenvalue weighted by molar-refractivity contribution is 5.82. The summed E-state index contributed by atoms with van der Waals surface area (Å²) in [6.45, 7) is 8.00. The number of nitrogens with one attached hydrogen (secondary N) is 1. The zero-order valence-electron chi connectivity index (χ0n) is 23.3. The minimum Gasteiger partial charge on any atom is -0.494 e. The van der Waals surface area contributed by atoms with Crippen molar-refractivity contribution >= 4 is 17.1 Å².